The van der Waals surface area contributed by atoms with Crippen LogP contribution in [0.1, 0.15) is 42.1 Å². The average molecular weight is 588 g/mol. The molecule has 3 aromatic rings. The molecule has 3 fully saturated rings. The first-order chi connectivity index (χ1) is 19.3. The van der Waals surface area contributed by atoms with Crippen molar-refractivity contribution in [2.45, 2.75) is 37.8 Å². The molecule has 2 saturated heterocycles. The van der Waals surface area contributed by atoms with Crippen molar-refractivity contribution in [1.29, 1.82) is 0 Å². The first-order valence-electron chi connectivity index (χ1n) is 13.6. The topological polar surface area (TPSA) is 97.1 Å². The molecule has 0 amide bonds. The first kappa shape index (κ1) is 27.3. The predicted molar refractivity (Wildman–Crippen MR) is 154 cm³/mol. The Kier molecular flexibility index (Phi) is 7.41. The summed E-state index contributed by atoms with van der Waals surface area (Å²) in [6.45, 7) is 4.85. The second-order valence-corrected chi connectivity index (χ2v) is 12.1. The number of pyridine rings is 2. The van der Waals surface area contributed by atoms with Gasteiger partial charge in [0, 0.05) is 57.1 Å². The lowest BCUT2D eigenvalue weighted by Gasteiger charge is -2.59. The fraction of sp³-hybridized carbons (Fsp3) is 0.483. The molecule has 1 spiro atoms. The summed E-state index contributed by atoms with van der Waals surface area (Å²) in [5.41, 5.74) is 1.03. The number of carboxylic acids is 1. The Hall–Kier alpha value is -2.85. The molecule has 6 rings (SSSR count). The third-order valence-corrected chi connectivity index (χ3v) is 9.21. The van der Waals surface area contributed by atoms with Gasteiger partial charge in [-0.2, -0.15) is 0 Å². The number of rotatable bonds is 9. The number of anilines is 1. The lowest BCUT2D eigenvalue weighted by molar-refractivity contribution is -0.0932. The van der Waals surface area contributed by atoms with Crippen LogP contribution in [0.3, 0.4) is 0 Å². The number of nitrogens with zero attached hydrogens (tertiary/aromatic N) is 4. The number of aromatic carboxylic acids is 1. The van der Waals surface area contributed by atoms with E-state index in [1.165, 1.54) is 6.20 Å². The summed E-state index contributed by atoms with van der Waals surface area (Å²) >= 11 is 13.0. The molecular formula is C29H32Cl2N4O5. The van der Waals surface area contributed by atoms with Crippen molar-refractivity contribution in [3.8, 4) is 5.88 Å². The van der Waals surface area contributed by atoms with Crippen LogP contribution < -0.4 is 15.1 Å². The van der Waals surface area contributed by atoms with Crippen molar-refractivity contribution in [3.63, 3.8) is 0 Å². The summed E-state index contributed by atoms with van der Waals surface area (Å²) in [5.74, 6) is -0.833. The third kappa shape index (κ3) is 4.93. The summed E-state index contributed by atoms with van der Waals surface area (Å²) in [4.78, 5) is 34.0. The van der Waals surface area contributed by atoms with E-state index in [0.29, 0.717) is 40.0 Å². The Balaban J connectivity index is 1.30. The summed E-state index contributed by atoms with van der Waals surface area (Å²) in [5, 5.41) is 11.0. The van der Waals surface area contributed by atoms with Crippen LogP contribution in [-0.2, 0) is 4.74 Å². The van der Waals surface area contributed by atoms with Crippen LogP contribution in [0, 0.1) is 5.41 Å². The van der Waals surface area contributed by atoms with Crippen LogP contribution in [0.15, 0.2) is 41.5 Å². The van der Waals surface area contributed by atoms with Crippen LogP contribution in [0.5, 0.6) is 5.88 Å². The second kappa shape index (κ2) is 10.9. The van der Waals surface area contributed by atoms with Crippen molar-refractivity contribution < 1.29 is 19.4 Å². The molecule has 2 aliphatic heterocycles. The molecule has 0 unspecified atom stereocenters. The number of methoxy groups -OCH3 is 1. The molecular weight excluding hydrogens is 555 g/mol. The van der Waals surface area contributed by atoms with Gasteiger partial charge in [0.1, 0.15) is 17.2 Å². The Labute approximate surface area is 242 Å². The number of hydrogen-bond donors (Lipinski definition) is 1. The van der Waals surface area contributed by atoms with E-state index in [-0.39, 0.29) is 23.1 Å². The monoisotopic (exact) mass is 586 g/mol. The first-order valence-corrected chi connectivity index (χ1v) is 14.4. The highest BCUT2D eigenvalue weighted by Crippen LogP contribution is 2.54. The van der Waals surface area contributed by atoms with E-state index in [1.807, 2.05) is 10.6 Å². The van der Waals surface area contributed by atoms with Gasteiger partial charge in [0.15, 0.2) is 0 Å². The largest absolute Gasteiger partial charge is 0.477 e. The minimum atomic E-state index is -1.23. The highest BCUT2D eigenvalue weighted by Gasteiger charge is 2.52. The van der Waals surface area contributed by atoms with Gasteiger partial charge in [-0.1, -0.05) is 23.2 Å². The third-order valence-electron chi connectivity index (χ3n) is 8.62. The quantitative estimate of drug-likeness (QED) is 0.384. The van der Waals surface area contributed by atoms with Crippen LogP contribution in [-0.4, -0.2) is 78.1 Å². The van der Waals surface area contributed by atoms with Gasteiger partial charge in [0.2, 0.25) is 11.3 Å². The lowest BCUT2D eigenvalue weighted by atomic mass is 9.60. The van der Waals surface area contributed by atoms with Gasteiger partial charge in [-0.05, 0) is 55.4 Å². The summed E-state index contributed by atoms with van der Waals surface area (Å²) < 4.78 is 13.2. The number of hydrogen-bond acceptors (Lipinski definition) is 7. The van der Waals surface area contributed by atoms with Gasteiger partial charge in [0.25, 0.3) is 0 Å². The zero-order valence-corrected chi connectivity index (χ0v) is 23.8. The highest BCUT2D eigenvalue weighted by molar-refractivity contribution is 6.34. The molecule has 1 aromatic carbocycles. The smallest absolute Gasteiger partial charge is 0.341 e. The molecule has 9 nitrogen and oxygen atoms in total. The zero-order valence-electron chi connectivity index (χ0n) is 22.3. The molecule has 11 heteroatoms. The standard InChI is InChI=1S/C29H32Cl2N4O5/c1-39-9-8-33-16-29(17-33)12-19(13-29)35-14-21(28(37)38)26(36)20-10-23(31)25(11-24(20)35)34-7-3-4-18(34)15-40-27-22(30)5-2-6-32-27/h2,5-6,10-11,14,18-19H,3-4,7-9,12-13,15-17H2,1H3,(H,37,38)/t18-/m1/s1. The minimum absolute atomic E-state index is 0.0477. The van der Waals surface area contributed by atoms with Crippen LogP contribution in [0.4, 0.5) is 5.69 Å². The van der Waals surface area contributed by atoms with Crippen LogP contribution in [0.25, 0.3) is 10.9 Å². The molecule has 2 aromatic heterocycles. The van der Waals surface area contributed by atoms with Gasteiger partial charge in [-0.15, -0.1) is 0 Å². The van der Waals surface area contributed by atoms with Crippen molar-refractivity contribution in [2.75, 3.05) is 51.4 Å². The van der Waals surface area contributed by atoms with Gasteiger partial charge in [0.05, 0.1) is 28.9 Å². The fourth-order valence-corrected chi connectivity index (χ4v) is 7.14. The maximum absolute atomic E-state index is 13.2. The zero-order chi connectivity index (χ0) is 28.0. The number of likely N-dealkylation sites (tertiary alicyclic amines) is 1. The number of aromatic nitrogens is 2. The molecule has 1 saturated carbocycles. The number of benzene rings is 1. The maximum Gasteiger partial charge on any atom is 0.341 e. The molecule has 1 N–H and O–H groups in total. The number of halogens is 2. The Morgan fingerprint density at radius 1 is 1.23 bits per heavy atom. The molecule has 4 heterocycles. The fourth-order valence-electron chi connectivity index (χ4n) is 6.69. The molecule has 212 valence electrons. The van der Waals surface area contributed by atoms with Crippen molar-refractivity contribution >= 4 is 45.8 Å². The van der Waals surface area contributed by atoms with Crippen molar-refractivity contribution in [2.24, 2.45) is 5.41 Å². The summed E-state index contributed by atoms with van der Waals surface area (Å²) in [6, 6.07) is 7.25. The molecule has 40 heavy (non-hydrogen) atoms. The lowest BCUT2D eigenvalue weighted by Crippen LogP contribution is -2.62. The summed E-state index contributed by atoms with van der Waals surface area (Å²) in [7, 11) is 1.71. The van der Waals surface area contributed by atoms with Gasteiger partial charge >= 0.3 is 5.97 Å². The Bertz CT molecular complexity index is 1500. The molecule has 1 aliphatic carbocycles. The minimum Gasteiger partial charge on any atom is -0.477 e. The summed E-state index contributed by atoms with van der Waals surface area (Å²) in [6.07, 6.45) is 6.93. The number of ether oxygens (including phenoxy) is 2. The Morgan fingerprint density at radius 3 is 2.75 bits per heavy atom. The van der Waals surface area contributed by atoms with E-state index >= 15 is 0 Å². The SMILES string of the molecule is COCCN1CC2(CC(n3cc(C(=O)O)c(=O)c4cc(Cl)c(N5CCC[C@@H]5COc5ncccc5Cl)cc43)C2)C1. The molecule has 0 bridgehead atoms. The van der Waals surface area contributed by atoms with Crippen LogP contribution in [0.2, 0.25) is 10.0 Å². The average Bonchev–Trinajstić information content (AvgIpc) is 3.35. The highest BCUT2D eigenvalue weighted by atomic mass is 35.5. The maximum atomic E-state index is 13.2. The van der Waals surface area contributed by atoms with E-state index in [4.69, 9.17) is 32.7 Å². The normalized spacial score (nSPS) is 20.6. The second-order valence-electron chi connectivity index (χ2n) is 11.3. The van der Waals surface area contributed by atoms with E-state index < -0.39 is 11.4 Å². The Morgan fingerprint density at radius 2 is 2.02 bits per heavy atom. The molecule has 3 aliphatic rings. The molecule has 1 atom stereocenters. The van der Waals surface area contributed by atoms with Gasteiger partial charge in [-0.25, -0.2) is 9.78 Å². The molecule has 0 radical (unpaired) electrons. The van der Waals surface area contributed by atoms with Crippen molar-refractivity contribution in [3.05, 3.63) is 62.5 Å². The number of carbonyl (C=O) groups is 1. The predicted octanol–water partition coefficient (Wildman–Crippen LogP) is 4.73. The van der Waals surface area contributed by atoms with E-state index in [2.05, 4.69) is 14.8 Å². The van der Waals surface area contributed by atoms with Gasteiger partial charge < -0.3 is 24.0 Å². The van der Waals surface area contributed by atoms with Crippen molar-refractivity contribution in [1.82, 2.24) is 14.5 Å². The van der Waals surface area contributed by atoms with E-state index in [1.54, 1.807) is 31.5 Å². The number of carboxylic acid groups (broad SMARTS) is 1. The van der Waals surface area contributed by atoms with E-state index in [0.717, 1.165) is 57.5 Å². The van der Waals surface area contributed by atoms with Crippen LogP contribution >= 0.6 is 23.2 Å². The van der Waals surface area contributed by atoms with Gasteiger partial charge in [-0.3, -0.25) is 9.69 Å². The van der Waals surface area contributed by atoms with E-state index in [9.17, 15) is 14.7 Å². The number of fused-ring (bicyclic) bond motifs is 1.